The molecule has 1 rings (SSSR count). The van der Waals surface area contributed by atoms with Crippen molar-refractivity contribution in [3.05, 3.63) is 22.3 Å². The molecule has 1 aliphatic carbocycles. The van der Waals surface area contributed by atoms with Gasteiger partial charge in [0.1, 0.15) is 0 Å². The number of halogens is 2. The van der Waals surface area contributed by atoms with Gasteiger partial charge in [-0.05, 0) is 0 Å². The number of allylic oxidation sites excluding steroid dienone is 4. The standard InChI is InChI=1S/C10H15.2HI.Ir/c1-6-7(2)9(4)10(5)8(6)3;;;/h1-5H3;2*1H;/q;;;+2/p-2. The fourth-order valence-corrected chi connectivity index (χ4v) is 12.8. The van der Waals surface area contributed by atoms with Crippen molar-refractivity contribution >= 4 is 39.2 Å². The Balaban J connectivity index is 3.31. The van der Waals surface area contributed by atoms with E-state index in [0.717, 1.165) is 0 Å². The molecular weight excluding hydrogens is 566 g/mol. The normalized spacial score (nSPS) is 22.8. The van der Waals surface area contributed by atoms with Gasteiger partial charge in [0.15, 0.2) is 0 Å². The van der Waals surface area contributed by atoms with Crippen LogP contribution in [0.15, 0.2) is 22.3 Å². The maximum absolute atomic E-state index is 2.70. The molecule has 0 aliphatic heterocycles. The van der Waals surface area contributed by atoms with E-state index in [0.29, 0.717) is 3.93 Å². The molecule has 0 fully saturated rings. The molecule has 0 saturated heterocycles. The van der Waals surface area contributed by atoms with Gasteiger partial charge < -0.3 is 0 Å². The van der Waals surface area contributed by atoms with Gasteiger partial charge in [-0.25, -0.2) is 0 Å². The summed E-state index contributed by atoms with van der Waals surface area (Å²) in [7, 11) is -0.975. The van der Waals surface area contributed by atoms with Crippen LogP contribution in [0.4, 0.5) is 0 Å². The summed E-state index contributed by atoms with van der Waals surface area (Å²) in [6.07, 6.45) is 0. The van der Waals surface area contributed by atoms with E-state index in [1.807, 2.05) is 0 Å². The quantitative estimate of drug-likeness (QED) is 0.376. The second-order valence-electron chi connectivity index (χ2n) is 3.63. The van der Waals surface area contributed by atoms with E-state index in [9.17, 15) is 0 Å². The molecule has 0 unspecified atom stereocenters. The van der Waals surface area contributed by atoms with Crippen molar-refractivity contribution in [1.29, 1.82) is 0 Å². The Morgan fingerprint density at radius 1 is 0.923 bits per heavy atom. The Hall–Kier alpha value is 1.59. The van der Waals surface area contributed by atoms with E-state index in [-0.39, 0.29) is 0 Å². The molecule has 0 radical (unpaired) electrons. The number of hydrogen-bond acceptors (Lipinski definition) is 0. The second-order valence-corrected chi connectivity index (χ2v) is 30.3. The van der Waals surface area contributed by atoms with Crippen LogP contribution in [0.2, 0.25) is 3.93 Å². The van der Waals surface area contributed by atoms with Crippen LogP contribution in [0.5, 0.6) is 0 Å². The van der Waals surface area contributed by atoms with Crippen LogP contribution in [0.3, 0.4) is 0 Å². The molecule has 0 aromatic rings. The van der Waals surface area contributed by atoms with Gasteiger partial charge >= 0.3 is 109 Å². The average molecular weight is 581 g/mol. The predicted octanol–water partition coefficient (Wildman–Crippen LogP) is 5.17. The van der Waals surface area contributed by atoms with Crippen molar-refractivity contribution in [3.63, 3.8) is 0 Å². The third-order valence-electron chi connectivity index (χ3n) is 3.31. The molecule has 0 aromatic carbocycles. The molecular formula is C10H15I2Ir. The van der Waals surface area contributed by atoms with Gasteiger partial charge in [-0.2, -0.15) is 0 Å². The van der Waals surface area contributed by atoms with Gasteiger partial charge in [-0.3, -0.25) is 0 Å². The van der Waals surface area contributed by atoms with Crippen LogP contribution in [0, 0.1) is 0 Å². The van der Waals surface area contributed by atoms with Crippen molar-refractivity contribution in [1.82, 2.24) is 0 Å². The Kier molecular flexibility index (Phi) is 4.11. The zero-order valence-corrected chi connectivity index (χ0v) is 15.3. The Bertz CT molecular complexity index is 276. The molecule has 0 bridgehead atoms. The average Bonchev–Trinajstić information content (AvgIpc) is 2.22. The first-order valence-electron chi connectivity index (χ1n) is 4.17. The van der Waals surface area contributed by atoms with Crippen molar-refractivity contribution in [2.75, 3.05) is 0 Å². The minimum atomic E-state index is -0.975. The topological polar surface area (TPSA) is 0 Å². The van der Waals surface area contributed by atoms with Crippen LogP contribution in [0.1, 0.15) is 34.6 Å². The summed E-state index contributed by atoms with van der Waals surface area (Å²) in [6, 6.07) is 0. The SMILES string of the molecule is CC1=C(C)[C](C)([Ir]([I])[I])C(C)=C1C. The molecule has 0 atom stereocenters. The van der Waals surface area contributed by atoms with E-state index < -0.39 is 9.33 Å². The minimum absolute atomic E-state index is 0.454. The van der Waals surface area contributed by atoms with Crippen molar-refractivity contribution < 1.29 is 9.33 Å². The van der Waals surface area contributed by atoms with Crippen LogP contribution >= 0.6 is 39.2 Å². The monoisotopic (exact) mass is 582 g/mol. The molecule has 78 valence electrons. The molecule has 13 heavy (non-hydrogen) atoms. The van der Waals surface area contributed by atoms with E-state index in [1.54, 1.807) is 22.3 Å². The van der Waals surface area contributed by atoms with E-state index in [1.165, 1.54) is 0 Å². The van der Waals surface area contributed by atoms with Gasteiger partial charge in [-0.15, -0.1) is 0 Å². The molecule has 0 nitrogen and oxygen atoms in total. The summed E-state index contributed by atoms with van der Waals surface area (Å²) in [6.45, 7) is 11.6. The first-order chi connectivity index (χ1) is 5.83. The maximum atomic E-state index is 2.70. The molecule has 0 saturated carbocycles. The third-order valence-corrected chi connectivity index (χ3v) is 18.7. The molecule has 3 heteroatoms. The molecule has 0 amide bonds. The van der Waals surface area contributed by atoms with Crippen molar-refractivity contribution in [3.8, 4) is 0 Å². The van der Waals surface area contributed by atoms with Crippen LogP contribution in [-0.2, 0) is 9.33 Å². The third kappa shape index (κ3) is 1.83. The zero-order valence-electron chi connectivity index (χ0n) is 8.59. The Morgan fingerprint density at radius 2 is 1.23 bits per heavy atom. The summed E-state index contributed by atoms with van der Waals surface area (Å²) in [4.78, 5) is 0. The van der Waals surface area contributed by atoms with Gasteiger partial charge in [0.25, 0.3) is 0 Å². The van der Waals surface area contributed by atoms with Crippen molar-refractivity contribution in [2.24, 2.45) is 0 Å². The fraction of sp³-hybridized carbons (Fsp3) is 0.600. The van der Waals surface area contributed by atoms with Gasteiger partial charge in [0.05, 0.1) is 0 Å². The van der Waals surface area contributed by atoms with Crippen molar-refractivity contribution in [2.45, 2.75) is 38.5 Å². The van der Waals surface area contributed by atoms with Crippen LogP contribution in [-0.4, -0.2) is 0 Å². The second kappa shape index (κ2) is 4.22. The number of hydrogen-bond donors (Lipinski definition) is 0. The summed E-state index contributed by atoms with van der Waals surface area (Å²) >= 11 is 5.39. The molecule has 1 aliphatic rings. The van der Waals surface area contributed by atoms with Crippen LogP contribution < -0.4 is 0 Å². The predicted molar refractivity (Wildman–Crippen MR) is 73.2 cm³/mol. The first kappa shape index (κ1) is 12.7. The van der Waals surface area contributed by atoms with Crippen LogP contribution in [0.25, 0.3) is 0 Å². The van der Waals surface area contributed by atoms with E-state index >= 15 is 0 Å². The van der Waals surface area contributed by atoms with Gasteiger partial charge in [-0.1, -0.05) is 0 Å². The molecule has 0 heterocycles. The molecule has 0 N–H and O–H groups in total. The van der Waals surface area contributed by atoms with E-state index in [2.05, 4.69) is 73.8 Å². The summed E-state index contributed by atoms with van der Waals surface area (Å²) in [5, 5.41) is 0. The Morgan fingerprint density at radius 3 is 1.38 bits per heavy atom. The summed E-state index contributed by atoms with van der Waals surface area (Å²) < 4.78 is 0.454. The molecule has 0 spiro atoms. The number of rotatable bonds is 1. The zero-order chi connectivity index (χ0) is 10.4. The van der Waals surface area contributed by atoms with E-state index in [4.69, 9.17) is 0 Å². The van der Waals surface area contributed by atoms with Gasteiger partial charge in [0, 0.05) is 0 Å². The van der Waals surface area contributed by atoms with Gasteiger partial charge in [0.2, 0.25) is 0 Å². The summed E-state index contributed by atoms with van der Waals surface area (Å²) in [5.41, 5.74) is 6.33. The Labute approximate surface area is 108 Å². The summed E-state index contributed by atoms with van der Waals surface area (Å²) in [5.74, 6) is 0. The first-order valence-corrected chi connectivity index (χ1v) is 18.9. The molecule has 0 aromatic heterocycles. The fourth-order valence-electron chi connectivity index (χ4n) is 1.72.